The maximum absolute atomic E-state index is 13.7. The summed E-state index contributed by atoms with van der Waals surface area (Å²) in [6.45, 7) is 2.60. The lowest BCUT2D eigenvalue weighted by Crippen LogP contribution is -2.23. The van der Waals surface area contributed by atoms with Gasteiger partial charge in [-0.05, 0) is 42.8 Å². The van der Waals surface area contributed by atoms with Crippen LogP contribution in [0, 0.1) is 5.82 Å². The number of carbonyl (C=O) groups is 1. The molecule has 2 aromatic rings. The van der Waals surface area contributed by atoms with Gasteiger partial charge in [-0.15, -0.1) is 0 Å². The molecule has 0 unspecified atom stereocenters. The molecular weight excluding hydrogens is 321 g/mol. The van der Waals surface area contributed by atoms with Gasteiger partial charge in [-0.3, -0.25) is 4.79 Å². The summed E-state index contributed by atoms with van der Waals surface area (Å²) in [5, 5.41) is 2.96. The van der Waals surface area contributed by atoms with Crippen LogP contribution >= 0.6 is 11.6 Å². The minimum Gasteiger partial charge on any atom is -0.493 e. The smallest absolute Gasteiger partial charge is 0.254 e. The van der Waals surface area contributed by atoms with E-state index in [1.807, 2.05) is 6.92 Å². The van der Waals surface area contributed by atoms with Gasteiger partial charge in [0, 0.05) is 11.6 Å². The Bertz CT molecular complexity index is 706. The van der Waals surface area contributed by atoms with E-state index in [2.05, 4.69) is 5.32 Å². The van der Waals surface area contributed by atoms with Gasteiger partial charge >= 0.3 is 0 Å². The molecule has 6 heteroatoms. The molecule has 0 saturated heterocycles. The predicted molar refractivity (Wildman–Crippen MR) is 86.7 cm³/mol. The molecule has 1 amide bonds. The van der Waals surface area contributed by atoms with Crippen molar-refractivity contribution >= 4 is 17.5 Å². The minimum absolute atomic E-state index is 0.0870. The van der Waals surface area contributed by atoms with Gasteiger partial charge in [-0.2, -0.15) is 0 Å². The molecule has 23 heavy (non-hydrogen) atoms. The molecule has 122 valence electrons. The van der Waals surface area contributed by atoms with E-state index in [9.17, 15) is 9.18 Å². The molecule has 0 bridgehead atoms. The first-order chi connectivity index (χ1) is 11.0. The average Bonchev–Trinajstić information content (AvgIpc) is 2.55. The SMILES string of the molecule is CCOc1cc(CNC(=O)c2cc(Cl)ccc2F)ccc1OC. The van der Waals surface area contributed by atoms with Gasteiger partial charge in [-0.1, -0.05) is 17.7 Å². The van der Waals surface area contributed by atoms with E-state index in [0.717, 1.165) is 11.6 Å². The molecule has 0 atom stereocenters. The van der Waals surface area contributed by atoms with Gasteiger partial charge in [-0.25, -0.2) is 4.39 Å². The highest BCUT2D eigenvalue weighted by molar-refractivity contribution is 6.31. The van der Waals surface area contributed by atoms with Crippen molar-refractivity contribution in [1.82, 2.24) is 5.32 Å². The third kappa shape index (κ3) is 4.36. The van der Waals surface area contributed by atoms with Crippen molar-refractivity contribution in [2.45, 2.75) is 13.5 Å². The second kappa shape index (κ2) is 7.83. The standard InChI is InChI=1S/C17H17ClFNO3/c1-3-23-16-8-11(4-7-15(16)22-2)10-20-17(21)13-9-12(18)5-6-14(13)19/h4-9H,3,10H2,1-2H3,(H,20,21). The van der Waals surface area contributed by atoms with Gasteiger partial charge in [0.25, 0.3) is 5.91 Å². The zero-order chi connectivity index (χ0) is 16.8. The number of methoxy groups -OCH3 is 1. The number of nitrogens with one attached hydrogen (secondary N) is 1. The summed E-state index contributed by atoms with van der Waals surface area (Å²) in [6, 6.07) is 9.19. The first-order valence-electron chi connectivity index (χ1n) is 7.08. The van der Waals surface area contributed by atoms with Crippen LogP contribution in [-0.4, -0.2) is 19.6 Å². The maximum Gasteiger partial charge on any atom is 0.254 e. The van der Waals surface area contributed by atoms with E-state index in [4.69, 9.17) is 21.1 Å². The Morgan fingerprint density at radius 2 is 2.00 bits per heavy atom. The zero-order valence-corrected chi connectivity index (χ0v) is 13.6. The summed E-state index contributed by atoms with van der Waals surface area (Å²) < 4.78 is 24.3. The summed E-state index contributed by atoms with van der Waals surface area (Å²) in [7, 11) is 1.56. The van der Waals surface area contributed by atoms with Crippen LogP contribution in [0.1, 0.15) is 22.8 Å². The third-order valence-corrected chi connectivity index (χ3v) is 3.39. The van der Waals surface area contributed by atoms with Gasteiger partial charge in [0.15, 0.2) is 11.5 Å². The fourth-order valence-electron chi connectivity index (χ4n) is 2.05. The Labute approximate surface area is 139 Å². The van der Waals surface area contributed by atoms with E-state index in [1.165, 1.54) is 12.1 Å². The van der Waals surface area contributed by atoms with Crippen LogP contribution in [0.25, 0.3) is 0 Å². The normalized spacial score (nSPS) is 10.3. The Morgan fingerprint density at radius 1 is 1.22 bits per heavy atom. The van der Waals surface area contributed by atoms with Crippen molar-refractivity contribution < 1.29 is 18.7 Å². The van der Waals surface area contributed by atoms with Crippen molar-refractivity contribution in [2.24, 2.45) is 0 Å². The fourth-order valence-corrected chi connectivity index (χ4v) is 2.22. The molecule has 0 radical (unpaired) electrons. The van der Waals surface area contributed by atoms with E-state index in [1.54, 1.807) is 25.3 Å². The summed E-state index contributed by atoms with van der Waals surface area (Å²) in [6.07, 6.45) is 0. The van der Waals surface area contributed by atoms with E-state index in [0.29, 0.717) is 23.1 Å². The minimum atomic E-state index is -0.614. The number of rotatable bonds is 6. The lowest BCUT2D eigenvalue weighted by molar-refractivity contribution is 0.0947. The van der Waals surface area contributed by atoms with E-state index in [-0.39, 0.29) is 12.1 Å². The van der Waals surface area contributed by atoms with E-state index >= 15 is 0 Å². The molecular formula is C17H17ClFNO3. The van der Waals surface area contributed by atoms with Gasteiger partial charge in [0.2, 0.25) is 0 Å². The number of benzene rings is 2. The number of hydrogen-bond acceptors (Lipinski definition) is 3. The van der Waals surface area contributed by atoms with Crippen LogP contribution in [0.4, 0.5) is 4.39 Å². The molecule has 0 fully saturated rings. The number of amides is 1. The topological polar surface area (TPSA) is 47.6 Å². The highest BCUT2D eigenvalue weighted by Gasteiger charge is 2.12. The Balaban J connectivity index is 2.09. The van der Waals surface area contributed by atoms with Crippen molar-refractivity contribution in [3.05, 3.63) is 58.4 Å². The van der Waals surface area contributed by atoms with Crippen LogP contribution in [0.5, 0.6) is 11.5 Å². The van der Waals surface area contributed by atoms with Crippen LogP contribution in [-0.2, 0) is 6.54 Å². The molecule has 0 aliphatic carbocycles. The molecule has 4 nitrogen and oxygen atoms in total. The lowest BCUT2D eigenvalue weighted by atomic mass is 10.1. The highest BCUT2D eigenvalue weighted by Crippen LogP contribution is 2.28. The molecule has 0 saturated carbocycles. The van der Waals surface area contributed by atoms with Crippen LogP contribution < -0.4 is 14.8 Å². The second-order valence-electron chi connectivity index (χ2n) is 4.73. The monoisotopic (exact) mass is 337 g/mol. The Kier molecular flexibility index (Phi) is 5.82. The number of halogens is 2. The van der Waals surface area contributed by atoms with E-state index < -0.39 is 11.7 Å². The van der Waals surface area contributed by atoms with Crippen molar-refractivity contribution in [1.29, 1.82) is 0 Å². The summed E-state index contributed by atoms with van der Waals surface area (Å²) in [4.78, 5) is 12.1. The van der Waals surface area contributed by atoms with Crippen LogP contribution in [0.3, 0.4) is 0 Å². The molecule has 2 rings (SSSR count). The third-order valence-electron chi connectivity index (χ3n) is 3.15. The molecule has 0 aliphatic rings. The number of hydrogen-bond donors (Lipinski definition) is 1. The van der Waals surface area contributed by atoms with Crippen molar-refractivity contribution in [3.63, 3.8) is 0 Å². The predicted octanol–water partition coefficient (Wildman–Crippen LogP) is 3.82. The molecule has 0 aromatic heterocycles. The molecule has 1 N–H and O–H groups in total. The fraction of sp³-hybridized carbons (Fsp3) is 0.235. The van der Waals surface area contributed by atoms with Gasteiger partial charge in [0.1, 0.15) is 5.82 Å². The molecule has 0 heterocycles. The van der Waals surface area contributed by atoms with Gasteiger partial charge < -0.3 is 14.8 Å². The summed E-state index contributed by atoms with van der Waals surface area (Å²) in [5.74, 6) is 0.0638. The van der Waals surface area contributed by atoms with Crippen molar-refractivity contribution in [3.8, 4) is 11.5 Å². The van der Waals surface area contributed by atoms with Gasteiger partial charge in [0.05, 0.1) is 19.3 Å². The second-order valence-corrected chi connectivity index (χ2v) is 5.16. The zero-order valence-electron chi connectivity index (χ0n) is 12.9. The maximum atomic E-state index is 13.7. The summed E-state index contributed by atoms with van der Waals surface area (Å²) >= 11 is 5.79. The number of carbonyl (C=O) groups excluding carboxylic acids is 1. The van der Waals surface area contributed by atoms with Crippen molar-refractivity contribution in [2.75, 3.05) is 13.7 Å². The Morgan fingerprint density at radius 3 is 2.70 bits per heavy atom. The largest absolute Gasteiger partial charge is 0.493 e. The number of ether oxygens (including phenoxy) is 2. The highest BCUT2D eigenvalue weighted by atomic mass is 35.5. The molecule has 0 aliphatic heterocycles. The Hall–Kier alpha value is -2.27. The van der Waals surface area contributed by atoms with Crippen LogP contribution in [0.2, 0.25) is 5.02 Å². The quantitative estimate of drug-likeness (QED) is 0.871. The first kappa shape index (κ1) is 17.1. The summed E-state index contributed by atoms with van der Waals surface area (Å²) in [5.41, 5.74) is 0.723. The lowest BCUT2D eigenvalue weighted by Gasteiger charge is -2.12. The molecule has 2 aromatic carbocycles. The average molecular weight is 338 g/mol. The van der Waals surface area contributed by atoms with Crippen LogP contribution in [0.15, 0.2) is 36.4 Å². The first-order valence-corrected chi connectivity index (χ1v) is 7.46. The molecule has 0 spiro atoms.